The minimum atomic E-state index is -0.614. The predicted octanol–water partition coefficient (Wildman–Crippen LogP) is 4.18. The molecule has 1 aromatic heterocycles. The highest BCUT2D eigenvalue weighted by Crippen LogP contribution is 2.40. The number of piperidine rings is 2. The van der Waals surface area contributed by atoms with Gasteiger partial charge in [-0.05, 0) is 73.7 Å². The Balaban J connectivity index is 0.795. The Bertz CT molecular complexity index is 2090. The summed E-state index contributed by atoms with van der Waals surface area (Å²) in [5.74, 6) is -0.178. The zero-order chi connectivity index (χ0) is 40.1. The van der Waals surface area contributed by atoms with E-state index in [2.05, 4.69) is 47.2 Å². The van der Waals surface area contributed by atoms with Crippen molar-refractivity contribution in [2.24, 2.45) is 0 Å². The van der Waals surface area contributed by atoms with Crippen molar-refractivity contribution in [1.82, 2.24) is 30.2 Å². The number of nitrogens with one attached hydrogen (secondary N) is 1. The second-order valence-electron chi connectivity index (χ2n) is 16.0. The molecule has 302 valence electrons. The summed E-state index contributed by atoms with van der Waals surface area (Å²) in [5.41, 5.74) is 4.61. The number of nitrogens with zero attached hydrogens (tertiary/aromatic N) is 7. The Morgan fingerprint density at radius 2 is 1.43 bits per heavy atom. The number of anilines is 2. The third kappa shape index (κ3) is 8.40. The van der Waals surface area contributed by atoms with Crippen LogP contribution in [0, 0.1) is 0 Å². The van der Waals surface area contributed by atoms with E-state index in [1.165, 1.54) is 0 Å². The molecule has 4 aliphatic heterocycles. The fourth-order valence-electron chi connectivity index (χ4n) is 9.11. The predicted molar refractivity (Wildman–Crippen MR) is 221 cm³/mol. The molecule has 1 atom stereocenters. The van der Waals surface area contributed by atoms with Gasteiger partial charge in [0.2, 0.25) is 23.6 Å². The molecule has 58 heavy (non-hydrogen) atoms. The van der Waals surface area contributed by atoms with E-state index >= 15 is 0 Å². The summed E-state index contributed by atoms with van der Waals surface area (Å²) in [7, 11) is 0. The number of carbonyl (C=O) groups excluding carboxylic acids is 4. The van der Waals surface area contributed by atoms with Crippen molar-refractivity contribution in [3.8, 4) is 17.0 Å². The number of piperazine rings is 2. The Morgan fingerprint density at radius 3 is 2.14 bits per heavy atom. The Hall–Kier alpha value is -5.82. The lowest BCUT2D eigenvalue weighted by Gasteiger charge is -2.46. The van der Waals surface area contributed by atoms with E-state index in [9.17, 15) is 24.3 Å². The van der Waals surface area contributed by atoms with E-state index in [0.29, 0.717) is 82.6 Å². The first-order valence-electron chi connectivity index (χ1n) is 20.7. The summed E-state index contributed by atoms with van der Waals surface area (Å²) in [5, 5.41) is 21.4. The summed E-state index contributed by atoms with van der Waals surface area (Å²) in [6, 6.07) is 27.3. The van der Waals surface area contributed by atoms with Crippen molar-refractivity contribution in [3.63, 3.8) is 0 Å². The van der Waals surface area contributed by atoms with Crippen LogP contribution in [0.25, 0.3) is 11.3 Å². The van der Waals surface area contributed by atoms with Gasteiger partial charge in [0.1, 0.15) is 5.75 Å². The first-order valence-corrected chi connectivity index (χ1v) is 20.7. The van der Waals surface area contributed by atoms with E-state index in [4.69, 9.17) is 0 Å². The number of amides is 4. The van der Waals surface area contributed by atoms with Gasteiger partial charge in [0, 0.05) is 89.5 Å². The molecule has 4 aliphatic rings. The topological polar surface area (TPSA) is 143 Å². The molecule has 0 spiro atoms. The van der Waals surface area contributed by atoms with Gasteiger partial charge in [-0.2, -0.15) is 10.2 Å². The molecule has 4 aromatic rings. The standard InChI is InChI=1S/C45H52N8O5/c54-40-10-5-4-9-38(40)39-31-36(32-46-48-39)50-21-18-45(19-22-50,34-7-2-1-3-8-34)44(58)53-25-23-49(24-26-53)20-6-11-42(56)52-29-27-51(28-30-52)35-14-12-33(13-15-35)37-16-17-41(55)47-43(37)57/h1-5,7-10,12-15,31-32,37,54H,6,11,16-30H2,(H,47,55,57)/t37-/m1/s1. The zero-order valence-electron chi connectivity index (χ0n) is 33.0. The molecule has 0 unspecified atom stereocenters. The lowest BCUT2D eigenvalue weighted by molar-refractivity contribution is -0.140. The average Bonchev–Trinajstić information content (AvgIpc) is 3.27. The monoisotopic (exact) mass is 784 g/mol. The number of rotatable bonds is 10. The SMILES string of the molecule is O=C1CC[C@H](c2ccc(N3CCN(C(=O)CCCN4CCN(C(=O)C5(c6ccccc6)CCN(c6cnnc(-c7ccccc7O)c6)CC5)CC4)CC3)cc2)C(=O)N1. The van der Waals surface area contributed by atoms with E-state index < -0.39 is 5.41 Å². The fourth-order valence-corrected chi connectivity index (χ4v) is 9.11. The molecule has 8 rings (SSSR count). The van der Waals surface area contributed by atoms with Crippen LogP contribution in [0.4, 0.5) is 11.4 Å². The first kappa shape index (κ1) is 39.0. The lowest BCUT2D eigenvalue weighted by atomic mass is 9.71. The summed E-state index contributed by atoms with van der Waals surface area (Å²) in [6.45, 7) is 7.97. The van der Waals surface area contributed by atoms with Crippen LogP contribution in [0.2, 0.25) is 0 Å². The fraction of sp³-hybridized carbons (Fsp3) is 0.422. The molecular formula is C45H52N8O5. The molecule has 2 N–H and O–H groups in total. The van der Waals surface area contributed by atoms with Crippen LogP contribution in [0.3, 0.4) is 0 Å². The van der Waals surface area contributed by atoms with Crippen LogP contribution in [-0.4, -0.2) is 126 Å². The number of aromatic hydroxyl groups is 1. The third-order valence-corrected chi connectivity index (χ3v) is 12.6. The molecule has 13 heteroatoms. The first-order chi connectivity index (χ1) is 28.3. The number of hydrogen-bond acceptors (Lipinski definition) is 10. The van der Waals surface area contributed by atoms with Gasteiger partial charge in [0.25, 0.3) is 0 Å². The van der Waals surface area contributed by atoms with Gasteiger partial charge in [-0.15, -0.1) is 0 Å². The second-order valence-corrected chi connectivity index (χ2v) is 16.0. The summed E-state index contributed by atoms with van der Waals surface area (Å²) < 4.78 is 0. The van der Waals surface area contributed by atoms with E-state index in [1.807, 2.05) is 65.6 Å². The van der Waals surface area contributed by atoms with Crippen molar-refractivity contribution in [2.75, 3.05) is 81.8 Å². The molecule has 0 saturated carbocycles. The maximum Gasteiger partial charge on any atom is 0.234 e. The van der Waals surface area contributed by atoms with Gasteiger partial charge < -0.3 is 24.7 Å². The van der Waals surface area contributed by atoms with E-state index in [-0.39, 0.29) is 35.3 Å². The zero-order valence-corrected chi connectivity index (χ0v) is 33.0. The third-order valence-electron chi connectivity index (χ3n) is 12.6. The normalized spacial score (nSPS) is 20.2. The number of carbonyl (C=O) groups is 4. The van der Waals surface area contributed by atoms with Gasteiger partial charge in [-0.25, -0.2) is 0 Å². The van der Waals surface area contributed by atoms with Gasteiger partial charge in [-0.3, -0.25) is 29.4 Å². The van der Waals surface area contributed by atoms with Gasteiger partial charge >= 0.3 is 0 Å². The quantitative estimate of drug-likeness (QED) is 0.225. The largest absolute Gasteiger partial charge is 0.507 e. The summed E-state index contributed by atoms with van der Waals surface area (Å²) >= 11 is 0. The summed E-state index contributed by atoms with van der Waals surface area (Å²) in [4.78, 5) is 62.5. The minimum Gasteiger partial charge on any atom is -0.507 e. The lowest BCUT2D eigenvalue weighted by Crippen LogP contribution is -2.57. The molecule has 3 aromatic carbocycles. The maximum atomic E-state index is 14.6. The molecule has 5 heterocycles. The van der Waals surface area contributed by atoms with Gasteiger partial charge in [0.05, 0.1) is 28.9 Å². The molecule has 0 radical (unpaired) electrons. The number of benzene rings is 3. The maximum absolute atomic E-state index is 14.6. The van der Waals surface area contributed by atoms with Crippen molar-refractivity contribution in [1.29, 1.82) is 0 Å². The Morgan fingerprint density at radius 1 is 0.759 bits per heavy atom. The van der Waals surface area contributed by atoms with Crippen LogP contribution < -0.4 is 15.1 Å². The average molecular weight is 785 g/mol. The smallest absolute Gasteiger partial charge is 0.234 e. The van der Waals surface area contributed by atoms with Crippen LogP contribution in [-0.2, 0) is 24.6 Å². The van der Waals surface area contributed by atoms with E-state index in [1.54, 1.807) is 18.3 Å². The van der Waals surface area contributed by atoms with Gasteiger partial charge in [-0.1, -0.05) is 54.6 Å². The number of phenols is 1. The highest BCUT2D eigenvalue weighted by atomic mass is 16.3. The highest BCUT2D eigenvalue weighted by molar-refractivity contribution is 6.01. The molecule has 0 aliphatic carbocycles. The van der Waals surface area contributed by atoms with E-state index in [0.717, 1.165) is 61.6 Å². The van der Waals surface area contributed by atoms with Crippen molar-refractivity contribution in [3.05, 3.63) is 102 Å². The number of phenolic OH excluding ortho intramolecular Hbond substituents is 1. The van der Waals surface area contributed by atoms with Crippen LogP contribution in [0.5, 0.6) is 5.75 Å². The molecule has 4 fully saturated rings. The number of imide groups is 1. The number of hydrogen-bond donors (Lipinski definition) is 2. The van der Waals surface area contributed by atoms with Crippen molar-refractivity contribution >= 4 is 35.0 Å². The molecule has 0 bridgehead atoms. The Kier molecular flexibility index (Phi) is 11.7. The highest BCUT2D eigenvalue weighted by Gasteiger charge is 2.45. The number of para-hydroxylation sites is 1. The minimum absolute atomic E-state index is 0.163. The molecule has 4 amide bonds. The summed E-state index contributed by atoms with van der Waals surface area (Å²) in [6.07, 6.45) is 5.30. The molecular weight excluding hydrogens is 733 g/mol. The van der Waals surface area contributed by atoms with Crippen LogP contribution in [0.15, 0.2) is 91.1 Å². The number of aromatic nitrogens is 2. The Labute approximate surface area is 339 Å². The van der Waals surface area contributed by atoms with Crippen molar-refractivity contribution < 1.29 is 24.3 Å². The van der Waals surface area contributed by atoms with Gasteiger partial charge in [0.15, 0.2) is 0 Å². The van der Waals surface area contributed by atoms with Crippen molar-refractivity contribution in [2.45, 2.75) is 49.9 Å². The molecule has 13 nitrogen and oxygen atoms in total. The second kappa shape index (κ2) is 17.4. The van der Waals surface area contributed by atoms with Crippen LogP contribution >= 0.6 is 0 Å². The molecule has 4 saturated heterocycles. The van der Waals surface area contributed by atoms with Crippen LogP contribution in [0.1, 0.15) is 55.6 Å².